The molecule has 0 aliphatic heterocycles. The Hall–Kier alpha value is -2.12. The van der Waals surface area contributed by atoms with Gasteiger partial charge in [0.15, 0.2) is 7.14 Å². The molecule has 45 heavy (non-hydrogen) atoms. The molecule has 2 aromatic rings. The lowest BCUT2D eigenvalue weighted by molar-refractivity contribution is -0.597. The zero-order valence-corrected chi connectivity index (χ0v) is 23.7. The van der Waals surface area contributed by atoms with E-state index in [-0.39, 0.29) is 21.2 Å². The van der Waals surface area contributed by atoms with Crippen LogP contribution in [-0.4, -0.2) is 43.5 Å². The highest BCUT2D eigenvalue weighted by Crippen LogP contribution is 2.09. The molecule has 0 aliphatic carbocycles. The van der Waals surface area contributed by atoms with E-state index in [2.05, 4.69) is 62.4 Å². The predicted molar refractivity (Wildman–Crippen MR) is 121 cm³/mol. The summed E-state index contributed by atoms with van der Waals surface area (Å²) in [5, 5.41) is 0. The van der Waals surface area contributed by atoms with Crippen LogP contribution in [-0.2, 0) is 0 Å². The van der Waals surface area contributed by atoms with Crippen molar-refractivity contribution in [2.45, 2.75) is 13.8 Å². The lowest BCUT2D eigenvalue weighted by atomic mass is 10.2. The summed E-state index contributed by atoms with van der Waals surface area (Å²) in [6, 6.07) is 17.8. The third kappa shape index (κ3) is 139. The Bertz CT molecular complexity index is 791. The maximum Gasteiger partial charge on any atom is 0.673 e. The van der Waals surface area contributed by atoms with Gasteiger partial charge in [0.25, 0.3) is 0 Å². The van der Waals surface area contributed by atoms with Gasteiger partial charge in [-0.2, -0.15) is 0 Å². The Morgan fingerprint density at radius 3 is 0.511 bits per heavy atom. The molecular formula is C14H14B6F24I-5. The average Bonchev–Trinajstić information content (AvgIpc) is 2.64. The van der Waals surface area contributed by atoms with Crippen LogP contribution in [0.2, 0.25) is 0 Å². The van der Waals surface area contributed by atoms with Gasteiger partial charge >= 0.3 is 64.7 Å². The first-order valence-corrected chi connectivity index (χ1v) is 12.4. The van der Waals surface area contributed by atoms with Crippen molar-refractivity contribution >= 4 is 43.5 Å². The Morgan fingerprint density at radius 2 is 0.400 bits per heavy atom. The number of hydrogen-bond donors (Lipinski definition) is 0. The summed E-state index contributed by atoms with van der Waals surface area (Å²) in [5.41, 5.74) is 2.68. The first-order valence-electron chi connectivity index (χ1n) is 10.3. The third-order valence-corrected chi connectivity index (χ3v) is 4.92. The molecule has 0 amide bonds. The van der Waals surface area contributed by atoms with Crippen molar-refractivity contribution < 1.29 is 125 Å². The molecule has 2 aromatic carbocycles. The molecule has 0 saturated heterocycles. The molecule has 2 rings (SSSR count). The number of halogens is 25. The number of benzene rings is 2. The van der Waals surface area contributed by atoms with E-state index in [1.54, 1.807) is 0 Å². The van der Waals surface area contributed by atoms with Crippen LogP contribution >= 0.6 is 0 Å². The predicted octanol–water partition coefficient (Wildman–Crippen LogP) is 8.23. The highest BCUT2D eigenvalue weighted by molar-refractivity contribution is 6.51. The summed E-state index contributed by atoms with van der Waals surface area (Å²) in [7, 11) is -36.0. The van der Waals surface area contributed by atoms with Gasteiger partial charge < -0.3 is 104 Å². The van der Waals surface area contributed by atoms with Gasteiger partial charge in [-0.1, -0.05) is 35.4 Å². The van der Waals surface area contributed by atoms with Gasteiger partial charge in [-0.25, -0.2) is 0 Å². The maximum atomic E-state index is 9.75. The molecule has 0 nitrogen and oxygen atoms in total. The summed E-state index contributed by atoms with van der Waals surface area (Å²) >= 11 is 0.00313. The topological polar surface area (TPSA) is 0 Å². The number of aryl methyl sites for hydroxylation is 2. The zero-order valence-electron chi connectivity index (χ0n) is 21.5. The average molecular weight is 830 g/mol. The van der Waals surface area contributed by atoms with Crippen LogP contribution in [0.15, 0.2) is 48.5 Å². The molecule has 31 heteroatoms. The first-order chi connectivity index (χ1) is 19.2. The van der Waals surface area contributed by atoms with E-state index < -0.39 is 43.5 Å². The van der Waals surface area contributed by atoms with Gasteiger partial charge in [-0.3, -0.25) is 0 Å². The Labute approximate surface area is 249 Å². The maximum absolute atomic E-state index is 9.75. The van der Waals surface area contributed by atoms with Crippen LogP contribution in [0.5, 0.6) is 0 Å². The van der Waals surface area contributed by atoms with Crippen LogP contribution in [0.1, 0.15) is 11.1 Å². The molecule has 0 saturated carbocycles. The molecule has 0 N–H and O–H groups in total. The smallest absolute Gasteiger partial charge is 0.418 e. The van der Waals surface area contributed by atoms with E-state index >= 15 is 0 Å². The van der Waals surface area contributed by atoms with E-state index in [1.165, 1.54) is 18.3 Å². The minimum absolute atomic E-state index is 0.00313. The van der Waals surface area contributed by atoms with Gasteiger partial charge in [0.05, 0.1) is 0 Å². The van der Waals surface area contributed by atoms with E-state index in [0.717, 1.165) is 0 Å². The second-order valence-electron chi connectivity index (χ2n) is 6.65. The summed E-state index contributed by atoms with van der Waals surface area (Å²) < 4.78 is 237. The molecule has 0 radical (unpaired) electrons. The van der Waals surface area contributed by atoms with Gasteiger partial charge in [-0.05, 0) is 38.1 Å². The molecule has 268 valence electrons. The molecule has 0 atom stereocenters. The van der Waals surface area contributed by atoms with Gasteiger partial charge in [0.2, 0.25) is 0 Å². The van der Waals surface area contributed by atoms with Crippen molar-refractivity contribution in [3.8, 4) is 0 Å². The van der Waals surface area contributed by atoms with Crippen LogP contribution in [0.25, 0.3) is 0 Å². The summed E-state index contributed by atoms with van der Waals surface area (Å²) in [6.07, 6.45) is 0. The van der Waals surface area contributed by atoms with E-state index in [9.17, 15) is 104 Å². The second-order valence-corrected chi connectivity index (χ2v) is 9.69. The first kappa shape index (κ1) is 52.4. The minimum atomic E-state index is -6.00. The van der Waals surface area contributed by atoms with Crippen molar-refractivity contribution in [2.75, 3.05) is 0 Å². The van der Waals surface area contributed by atoms with Crippen LogP contribution in [0, 0.1) is 21.0 Å². The van der Waals surface area contributed by atoms with E-state index in [4.69, 9.17) is 0 Å². The van der Waals surface area contributed by atoms with Crippen molar-refractivity contribution in [1.29, 1.82) is 0 Å². The Morgan fingerprint density at radius 1 is 0.289 bits per heavy atom. The highest BCUT2D eigenvalue weighted by atomic mass is 127. The monoisotopic (exact) mass is 831 g/mol. The fourth-order valence-corrected chi connectivity index (χ4v) is 3.48. The van der Waals surface area contributed by atoms with Gasteiger partial charge in [-0.15, -0.1) is 0 Å². The molecular weight excluding hydrogens is 816 g/mol. The molecule has 0 spiro atoms. The lowest BCUT2D eigenvalue weighted by Crippen LogP contribution is -3.61. The van der Waals surface area contributed by atoms with Crippen LogP contribution < -0.4 is 21.2 Å². The van der Waals surface area contributed by atoms with Gasteiger partial charge in [0, 0.05) is 0 Å². The highest BCUT2D eigenvalue weighted by Gasteiger charge is 2.22. The summed E-state index contributed by atoms with van der Waals surface area (Å²) in [5.74, 6) is 0. The lowest BCUT2D eigenvalue weighted by Gasteiger charge is -1.94. The molecule has 0 bridgehead atoms. The SMILES string of the molecule is Cc1ccc([I+]c2ccc(C)cc2)cc1.F[B-](F)(F)F.F[B-](F)(F)F.F[B-](F)(F)F.F[B-](F)(F)F.F[B-](F)(F)F.F[B-](F)(F)F. The quantitative estimate of drug-likeness (QED) is 0.163. The third-order valence-electron chi connectivity index (χ3n) is 2.24. The molecule has 0 fully saturated rings. The standard InChI is InChI=1S/C14H14I.6BF4/c1-11-3-7-13(8-4-11)15-14-9-5-12(2)6-10-14;6*2-1(3,4)5/h3-10H,1-2H3;;;;;;/q+1;6*-1. The Kier molecular flexibility index (Phi) is 27.1. The normalized spacial score (nSPS) is 11.4. The fourth-order valence-electron chi connectivity index (χ4n) is 1.32. The molecule has 0 aromatic heterocycles. The zero-order chi connectivity index (χ0) is 37.7. The second kappa shape index (κ2) is 23.2. The number of hydrogen-bond acceptors (Lipinski definition) is 0. The molecule has 0 heterocycles. The van der Waals surface area contributed by atoms with Crippen molar-refractivity contribution in [3.63, 3.8) is 0 Å². The number of rotatable bonds is 2. The molecule has 0 unspecified atom stereocenters. The summed E-state index contributed by atoms with van der Waals surface area (Å²) in [6.45, 7) is 4.27. The van der Waals surface area contributed by atoms with E-state index in [1.807, 2.05) is 0 Å². The van der Waals surface area contributed by atoms with Gasteiger partial charge in [0.1, 0.15) is 0 Å². The Balaban J connectivity index is -0.000000151. The fraction of sp³-hybridized carbons (Fsp3) is 0.143. The summed E-state index contributed by atoms with van der Waals surface area (Å²) in [4.78, 5) is 0. The minimum Gasteiger partial charge on any atom is -0.418 e. The van der Waals surface area contributed by atoms with Crippen molar-refractivity contribution in [3.05, 3.63) is 66.8 Å². The van der Waals surface area contributed by atoms with Crippen molar-refractivity contribution in [2.24, 2.45) is 0 Å². The molecule has 0 aliphatic rings. The largest absolute Gasteiger partial charge is 0.673 e. The van der Waals surface area contributed by atoms with Crippen molar-refractivity contribution in [1.82, 2.24) is 0 Å². The van der Waals surface area contributed by atoms with E-state index in [0.29, 0.717) is 0 Å². The van der Waals surface area contributed by atoms with Crippen LogP contribution in [0.3, 0.4) is 0 Å². The van der Waals surface area contributed by atoms with Crippen LogP contribution in [0.4, 0.5) is 104 Å².